The smallest absolute Gasteiger partial charge is 0.145 e. The third kappa shape index (κ3) is 6.50. The first-order chi connectivity index (χ1) is 9.27. The van der Waals surface area contributed by atoms with Gasteiger partial charge >= 0.3 is 0 Å². The SMILES string of the molecule is CCCCCCCCOc1ccc(C(Cl)C#N)cc1. The van der Waals surface area contributed by atoms with Crippen LogP contribution in [0.15, 0.2) is 24.3 Å². The van der Waals surface area contributed by atoms with Gasteiger partial charge in [-0.15, -0.1) is 11.6 Å². The zero-order valence-corrected chi connectivity index (χ0v) is 12.3. The Kier molecular flexibility index (Phi) is 8.09. The van der Waals surface area contributed by atoms with Crippen molar-refractivity contribution in [2.45, 2.75) is 50.8 Å². The summed E-state index contributed by atoms with van der Waals surface area (Å²) in [5.41, 5.74) is 0.816. The Hall–Kier alpha value is -1.20. The van der Waals surface area contributed by atoms with Gasteiger partial charge in [-0.2, -0.15) is 5.26 Å². The summed E-state index contributed by atoms with van der Waals surface area (Å²) in [6.07, 6.45) is 7.58. The molecule has 104 valence electrons. The Labute approximate surface area is 121 Å². The molecule has 0 aliphatic carbocycles. The molecule has 0 bridgehead atoms. The van der Waals surface area contributed by atoms with Crippen LogP contribution < -0.4 is 4.74 Å². The number of rotatable bonds is 9. The van der Waals surface area contributed by atoms with E-state index in [4.69, 9.17) is 21.6 Å². The zero-order chi connectivity index (χ0) is 13.9. The first-order valence-corrected chi connectivity index (χ1v) is 7.48. The minimum Gasteiger partial charge on any atom is -0.494 e. The van der Waals surface area contributed by atoms with Gasteiger partial charge in [0, 0.05) is 0 Å². The van der Waals surface area contributed by atoms with E-state index in [9.17, 15) is 0 Å². The van der Waals surface area contributed by atoms with Gasteiger partial charge < -0.3 is 4.74 Å². The fourth-order valence-electron chi connectivity index (χ4n) is 1.88. The van der Waals surface area contributed by atoms with Crippen LogP contribution in [0, 0.1) is 11.3 Å². The fourth-order valence-corrected chi connectivity index (χ4v) is 2.03. The van der Waals surface area contributed by atoms with Crippen LogP contribution in [0.5, 0.6) is 5.75 Å². The monoisotopic (exact) mass is 279 g/mol. The maximum Gasteiger partial charge on any atom is 0.145 e. The highest BCUT2D eigenvalue weighted by Crippen LogP contribution is 2.22. The lowest BCUT2D eigenvalue weighted by Gasteiger charge is -2.07. The normalized spacial score (nSPS) is 11.8. The van der Waals surface area contributed by atoms with Crippen molar-refractivity contribution in [3.05, 3.63) is 29.8 Å². The van der Waals surface area contributed by atoms with E-state index in [-0.39, 0.29) is 0 Å². The highest BCUT2D eigenvalue weighted by atomic mass is 35.5. The second-order valence-electron chi connectivity index (χ2n) is 4.68. The molecular weight excluding hydrogens is 258 g/mol. The van der Waals surface area contributed by atoms with Crippen molar-refractivity contribution in [3.63, 3.8) is 0 Å². The minimum absolute atomic E-state index is 0.576. The molecule has 0 radical (unpaired) electrons. The van der Waals surface area contributed by atoms with Gasteiger partial charge in [0.1, 0.15) is 11.1 Å². The summed E-state index contributed by atoms with van der Waals surface area (Å²) in [6, 6.07) is 9.44. The average molecular weight is 280 g/mol. The summed E-state index contributed by atoms with van der Waals surface area (Å²) in [6.45, 7) is 2.98. The largest absolute Gasteiger partial charge is 0.494 e. The number of alkyl halides is 1. The predicted octanol–water partition coefficient (Wildman–Crippen LogP) is 5.23. The maximum atomic E-state index is 8.71. The number of nitrogens with zero attached hydrogens (tertiary/aromatic N) is 1. The van der Waals surface area contributed by atoms with Gasteiger partial charge in [-0.05, 0) is 24.1 Å². The molecule has 1 rings (SSSR count). The summed E-state index contributed by atoms with van der Waals surface area (Å²) in [4.78, 5) is 0. The Morgan fingerprint density at radius 3 is 2.37 bits per heavy atom. The van der Waals surface area contributed by atoms with E-state index in [0.717, 1.165) is 24.3 Å². The summed E-state index contributed by atoms with van der Waals surface area (Å²) >= 11 is 5.83. The van der Waals surface area contributed by atoms with Crippen molar-refractivity contribution in [1.29, 1.82) is 5.26 Å². The molecule has 0 fully saturated rings. The topological polar surface area (TPSA) is 33.0 Å². The quantitative estimate of drug-likeness (QED) is 0.458. The number of nitriles is 1. The summed E-state index contributed by atoms with van der Waals surface area (Å²) in [5, 5.41) is 8.13. The van der Waals surface area contributed by atoms with Crippen LogP contribution in [0.4, 0.5) is 0 Å². The molecule has 1 atom stereocenters. The van der Waals surface area contributed by atoms with E-state index >= 15 is 0 Å². The minimum atomic E-state index is -0.576. The van der Waals surface area contributed by atoms with Gasteiger partial charge in [0.05, 0.1) is 12.7 Å². The van der Waals surface area contributed by atoms with Gasteiger partial charge in [0.2, 0.25) is 0 Å². The lowest BCUT2D eigenvalue weighted by Crippen LogP contribution is -1.97. The van der Waals surface area contributed by atoms with Crippen molar-refractivity contribution in [2.75, 3.05) is 6.61 Å². The molecule has 0 N–H and O–H groups in total. The highest BCUT2D eigenvalue weighted by Gasteiger charge is 2.05. The summed E-state index contributed by atoms with van der Waals surface area (Å²) < 4.78 is 5.65. The Balaban J connectivity index is 2.18. The summed E-state index contributed by atoms with van der Waals surface area (Å²) in [5.74, 6) is 0.846. The van der Waals surface area contributed by atoms with Gasteiger partial charge in [-0.25, -0.2) is 0 Å². The second-order valence-corrected chi connectivity index (χ2v) is 5.11. The van der Waals surface area contributed by atoms with Crippen LogP contribution in [-0.2, 0) is 0 Å². The van der Waals surface area contributed by atoms with E-state index < -0.39 is 5.38 Å². The zero-order valence-electron chi connectivity index (χ0n) is 11.6. The number of benzene rings is 1. The van der Waals surface area contributed by atoms with Gasteiger partial charge in [-0.3, -0.25) is 0 Å². The standard InChI is InChI=1S/C16H22ClNO/c1-2-3-4-5-6-7-12-19-15-10-8-14(9-11-15)16(17)13-18/h8-11,16H,2-7,12H2,1H3. The van der Waals surface area contributed by atoms with Crippen LogP contribution in [0.1, 0.15) is 56.4 Å². The molecule has 0 spiro atoms. The molecule has 1 aromatic rings. The van der Waals surface area contributed by atoms with Crippen molar-refractivity contribution in [3.8, 4) is 11.8 Å². The molecule has 0 saturated heterocycles. The van der Waals surface area contributed by atoms with E-state index in [2.05, 4.69) is 6.92 Å². The number of halogens is 1. The Bertz CT molecular complexity index is 383. The summed E-state index contributed by atoms with van der Waals surface area (Å²) in [7, 11) is 0. The van der Waals surface area contributed by atoms with E-state index in [1.165, 1.54) is 32.1 Å². The highest BCUT2D eigenvalue weighted by molar-refractivity contribution is 6.22. The molecule has 0 heterocycles. The molecule has 0 saturated carbocycles. The molecule has 1 unspecified atom stereocenters. The lowest BCUT2D eigenvalue weighted by molar-refractivity contribution is 0.304. The number of unbranched alkanes of at least 4 members (excludes halogenated alkanes) is 5. The van der Waals surface area contributed by atoms with Gasteiger partial charge in [0.15, 0.2) is 0 Å². The number of hydrogen-bond donors (Lipinski definition) is 0. The lowest BCUT2D eigenvalue weighted by atomic mass is 10.1. The van der Waals surface area contributed by atoms with Crippen LogP contribution in [0.25, 0.3) is 0 Å². The van der Waals surface area contributed by atoms with Gasteiger partial charge in [-0.1, -0.05) is 51.2 Å². The van der Waals surface area contributed by atoms with Crippen molar-refractivity contribution in [1.82, 2.24) is 0 Å². The van der Waals surface area contributed by atoms with Gasteiger partial charge in [0.25, 0.3) is 0 Å². The first kappa shape index (κ1) is 15.9. The van der Waals surface area contributed by atoms with Crippen LogP contribution in [0.2, 0.25) is 0 Å². The van der Waals surface area contributed by atoms with E-state index in [0.29, 0.717) is 0 Å². The molecule has 0 aromatic heterocycles. The van der Waals surface area contributed by atoms with Crippen LogP contribution in [0.3, 0.4) is 0 Å². The molecule has 2 nitrogen and oxygen atoms in total. The molecule has 0 aliphatic rings. The van der Waals surface area contributed by atoms with Crippen LogP contribution >= 0.6 is 11.6 Å². The molecular formula is C16H22ClNO. The second kappa shape index (κ2) is 9.69. The van der Waals surface area contributed by atoms with E-state index in [1.807, 2.05) is 30.3 Å². The predicted molar refractivity (Wildman–Crippen MR) is 79.5 cm³/mol. The third-order valence-electron chi connectivity index (χ3n) is 3.05. The molecule has 0 amide bonds. The van der Waals surface area contributed by atoms with Crippen molar-refractivity contribution >= 4 is 11.6 Å². The number of hydrogen-bond acceptors (Lipinski definition) is 2. The number of ether oxygens (including phenoxy) is 1. The molecule has 1 aromatic carbocycles. The Morgan fingerprint density at radius 1 is 1.11 bits per heavy atom. The molecule has 0 aliphatic heterocycles. The molecule has 19 heavy (non-hydrogen) atoms. The van der Waals surface area contributed by atoms with Crippen LogP contribution in [-0.4, -0.2) is 6.61 Å². The third-order valence-corrected chi connectivity index (χ3v) is 3.40. The van der Waals surface area contributed by atoms with E-state index in [1.54, 1.807) is 0 Å². The maximum absolute atomic E-state index is 8.71. The Morgan fingerprint density at radius 2 is 1.74 bits per heavy atom. The fraction of sp³-hybridized carbons (Fsp3) is 0.562. The first-order valence-electron chi connectivity index (χ1n) is 7.04. The molecule has 3 heteroatoms. The van der Waals surface area contributed by atoms with Crippen molar-refractivity contribution < 1.29 is 4.74 Å². The van der Waals surface area contributed by atoms with Crippen molar-refractivity contribution in [2.24, 2.45) is 0 Å². The average Bonchev–Trinajstić information content (AvgIpc) is 2.46.